The van der Waals surface area contributed by atoms with Gasteiger partial charge in [0, 0.05) is 11.1 Å². The molecule has 1 heterocycles. The Morgan fingerprint density at radius 1 is 1.40 bits per heavy atom. The SMILES string of the molecule is C[C@H](N)C(=O)Nc1ccc2oc(C(C)(C)C)nc2c1.Cl. The number of hydrogen-bond acceptors (Lipinski definition) is 4. The van der Waals surface area contributed by atoms with Crippen molar-refractivity contribution >= 4 is 35.1 Å². The van der Waals surface area contributed by atoms with E-state index in [9.17, 15) is 4.79 Å². The number of amides is 1. The number of nitrogens with two attached hydrogens (primary N) is 1. The van der Waals surface area contributed by atoms with E-state index in [0.29, 0.717) is 17.2 Å². The van der Waals surface area contributed by atoms with Gasteiger partial charge in [-0.15, -0.1) is 12.4 Å². The molecule has 0 saturated heterocycles. The molecule has 0 bridgehead atoms. The predicted molar refractivity (Wildman–Crippen MR) is 82.2 cm³/mol. The molecule has 0 aliphatic heterocycles. The standard InChI is InChI=1S/C14H19N3O2.ClH/c1-8(15)12(18)16-9-5-6-11-10(7-9)17-13(19-11)14(2,3)4;/h5-8H,15H2,1-4H3,(H,16,18);1H/t8-;/m0./s1. The van der Waals surface area contributed by atoms with Crippen molar-refractivity contribution < 1.29 is 9.21 Å². The van der Waals surface area contributed by atoms with E-state index >= 15 is 0 Å². The summed E-state index contributed by atoms with van der Waals surface area (Å²) in [5.41, 5.74) is 7.48. The largest absolute Gasteiger partial charge is 0.440 e. The molecule has 2 aromatic rings. The first-order valence-corrected chi connectivity index (χ1v) is 6.25. The molecule has 0 aliphatic carbocycles. The molecular weight excluding hydrogens is 278 g/mol. The first-order valence-electron chi connectivity index (χ1n) is 6.25. The van der Waals surface area contributed by atoms with Gasteiger partial charge >= 0.3 is 0 Å². The van der Waals surface area contributed by atoms with Gasteiger partial charge in [0.25, 0.3) is 0 Å². The molecular formula is C14H20ClN3O2. The molecule has 6 heteroatoms. The van der Waals surface area contributed by atoms with Gasteiger partial charge in [-0.3, -0.25) is 4.79 Å². The topological polar surface area (TPSA) is 81.2 Å². The summed E-state index contributed by atoms with van der Waals surface area (Å²) in [6.45, 7) is 7.76. The molecule has 110 valence electrons. The number of rotatable bonds is 2. The Bertz CT molecular complexity index is 614. The number of aromatic nitrogens is 1. The summed E-state index contributed by atoms with van der Waals surface area (Å²) in [6, 6.07) is 4.82. The van der Waals surface area contributed by atoms with E-state index in [4.69, 9.17) is 10.2 Å². The van der Waals surface area contributed by atoms with Gasteiger partial charge in [0.1, 0.15) is 5.52 Å². The molecule has 0 unspecified atom stereocenters. The third-order valence-electron chi connectivity index (χ3n) is 2.71. The van der Waals surface area contributed by atoms with Gasteiger partial charge in [0.15, 0.2) is 5.58 Å². The molecule has 1 atom stereocenters. The highest BCUT2D eigenvalue weighted by molar-refractivity contribution is 5.95. The maximum Gasteiger partial charge on any atom is 0.240 e. The van der Waals surface area contributed by atoms with Crippen LogP contribution in [0.4, 0.5) is 5.69 Å². The van der Waals surface area contributed by atoms with Gasteiger partial charge in [-0.1, -0.05) is 20.8 Å². The third kappa shape index (κ3) is 3.49. The second kappa shape index (κ2) is 5.81. The maximum atomic E-state index is 11.5. The molecule has 1 amide bonds. The number of halogens is 1. The first kappa shape index (κ1) is 16.5. The van der Waals surface area contributed by atoms with Crippen molar-refractivity contribution in [2.75, 3.05) is 5.32 Å². The fourth-order valence-corrected chi connectivity index (χ4v) is 1.58. The van der Waals surface area contributed by atoms with Gasteiger partial charge in [0.2, 0.25) is 11.8 Å². The highest BCUT2D eigenvalue weighted by Crippen LogP contribution is 2.27. The lowest BCUT2D eigenvalue weighted by Gasteiger charge is -2.11. The van der Waals surface area contributed by atoms with Crippen molar-refractivity contribution in [1.29, 1.82) is 0 Å². The molecule has 1 aromatic heterocycles. The van der Waals surface area contributed by atoms with E-state index < -0.39 is 6.04 Å². The van der Waals surface area contributed by atoms with E-state index in [1.165, 1.54) is 0 Å². The molecule has 0 spiro atoms. The number of fused-ring (bicyclic) bond motifs is 1. The van der Waals surface area contributed by atoms with Crippen LogP contribution in [0.5, 0.6) is 0 Å². The Hall–Kier alpha value is -1.59. The second-order valence-electron chi connectivity index (χ2n) is 5.73. The molecule has 20 heavy (non-hydrogen) atoms. The number of nitrogens with one attached hydrogen (secondary N) is 1. The molecule has 0 radical (unpaired) electrons. The normalized spacial score (nSPS) is 12.8. The molecule has 3 N–H and O–H groups in total. The molecule has 0 aliphatic rings. The maximum absolute atomic E-state index is 11.5. The highest BCUT2D eigenvalue weighted by atomic mass is 35.5. The number of carbonyl (C=O) groups is 1. The monoisotopic (exact) mass is 297 g/mol. The Morgan fingerprint density at radius 3 is 2.60 bits per heavy atom. The van der Waals surface area contributed by atoms with Crippen molar-refractivity contribution in [3.05, 3.63) is 24.1 Å². The Kier molecular flexibility index (Phi) is 4.78. The summed E-state index contributed by atoms with van der Waals surface area (Å²) < 4.78 is 5.69. The minimum absolute atomic E-state index is 0. The van der Waals surface area contributed by atoms with E-state index in [2.05, 4.69) is 10.3 Å². The quantitative estimate of drug-likeness (QED) is 0.893. The van der Waals surface area contributed by atoms with Crippen LogP contribution in [0.15, 0.2) is 22.6 Å². The average Bonchev–Trinajstić information content (AvgIpc) is 2.71. The minimum Gasteiger partial charge on any atom is -0.440 e. The third-order valence-corrected chi connectivity index (χ3v) is 2.71. The summed E-state index contributed by atoms with van der Waals surface area (Å²) in [5.74, 6) is 0.456. The van der Waals surface area contributed by atoms with Crippen LogP contribution in [0.2, 0.25) is 0 Å². The van der Waals surface area contributed by atoms with Crippen LogP contribution in [0.25, 0.3) is 11.1 Å². The first-order chi connectivity index (χ1) is 8.77. The zero-order valence-corrected chi connectivity index (χ0v) is 12.9. The molecule has 0 fully saturated rings. The zero-order chi connectivity index (χ0) is 14.2. The summed E-state index contributed by atoms with van der Waals surface area (Å²) in [7, 11) is 0. The van der Waals surface area contributed by atoms with Crippen LogP contribution < -0.4 is 11.1 Å². The lowest BCUT2D eigenvalue weighted by molar-refractivity contribution is -0.117. The van der Waals surface area contributed by atoms with Crippen LogP contribution in [-0.2, 0) is 10.2 Å². The molecule has 2 rings (SSSR count). The van der Waals surface area contributed by atoms with Crippen molar-refractivity contribution in [2.24, 2.45) is 5.73 Å². The van der Waals surface area contributed by atoms with Crippen LogP contribution in [-0.4, -0.2) is 16.9 Å². The predicted octanol–water partition coefficient (Wildman–Crippen LogP) is 2.83. The van der Waals surface area contributed by atoms with Crippen molar-refractivity contribution in [1.82, 2.24) is 4.98 Å². The Labute approximate surface area is 124 Å². The van der Waals surface area contributed by atoms with Crippen LogP contribution in [0, 0.1) is 0 Å². The smallest absolute Gasteiger partial charge is 0.240 e. The van der Waals surface area contributed by atoms with Crippen molar-refractivity contribution in [3.8, 4) is 0 Å². The summed E-state index contributed by atoms with van der Waals surface area (Å²) >= 11 is 0. The molecule has 5 nitrogen and oxygen atoms in total. The number of hydrogen-bond donors (Lipinski definition) is 2. The summed E-state index contributed by atoms with van der Waals surface area (Å²) in [4.78, 5) is 16.0. The second-order valence-corrected chi connectivity index (χ2v) is 5.73. The van der Waals surface area contributed by atoms with Gasteiger partial charge in [0.05, 0.1) is 6.04 Å². The number of oxazole rings is 1. The number of benzene rings is 1. The minimum atomic E-state index is -0.543. The van der Waals surface area contributed by atoms with E-state index in [0.717, 1.165) is 5.52 Å². The average molecular weight is 298 g/mol. The lowest BCUT2D eigenvalue weighted by atomic mass is 9.97. The van der Waals surface area contributed by atoms with E-state index in [-0.39, 0.29) is 23.7 Å². The summed E-state index contributed by atoms with van der Waals surface area (Å²) in [6.07, 6.45) is 0. The number of anilines is 1. The molecule has 0 saturated carbocycles. The highest BCUT2D eigenvalue weighted by Gasteiger charge is 2.21. The molecule has 1 aromatic carbocycles. The number of carbonyl (C=O) groups excluding carboxylic acids is 1. The number of nitrogens with zero attached hydrogens (tertiary/aromatic N) is 1. The van der Waals surface area contributed by atoms with E-state index in [1.54, 1.807) is 25.1 Å². The van der Waals surface area contributed by atoms with Crippen LogP contribution >= 0.6 is 12.4 Å². The van der Waals surface area contributed by atoms with Crippen LogP contribution in [0.3, 0.4) is 0 Å². The van der Waals surface area contributed by atoms with Crippen molar-refractivity contribution in [3.63, 3.8) is 0 Å². The lowest BCUT2D eigenvalue weighted by Crippen LogP contribution is -2.32. The van der Waals surface area contributed by atoms with E-state index in [1.807, 2.05) is 20.8 Å². The summed E-state index contributed by atoms with van der Waals surface area (Å²) in [5, 5.41) is 2.74. The van der Waals surface area contributed by atoms with Gasteiger partial charge in [-0.05, 0) is 25.1 Å². The van der Waals surface area contributed by atoms with Gasteiger partial charge in [-0.2, -0.15) is 0 Å². The Balaban J connectivity index is 0.00000200. The fraction of sp³-hybridized carbons (Fsp3) is 0.429. The Morgan fingerprint density at radius 2 is 2.05 bits per heavy atom. The fourth-order valence-electron chi connectivity index (χ4n) is 1.58. The van der Waals surface area contributed by atoms with Crippen LogP contribution in [0.1, 0.15) is 33.6 Å². The van der Waals surface area contributed by atoms with Gasteiger partial charge < -0.3 is 15.5 Å². The van der Waals surface area contributed by atoms with Crippen molar-refractivity contribution in [2.45, 2.75) is 39.2 Å². The van der Waals surface area contributed by atoms with Gasteiger partial charge in [-0.25, -0.2) is 4.98 Å². The zero-order valence-electron chi connectivity index (χ0n) is 12.1.